The van der Waals surface area contributed by atoms with Crippen LogP contribution in [0.4, 0.5) is 0 Å². The van der Waals surface area contributed by atoms with Gasteiger partial charge in [-0.2, -0.15) is 0 Å². The number of aliphatic hydroxyl groups is 1. The van der Waals surface area contributed by atoms with E-state index in [1.807, 2.05) is 0 Å². The van der Waals surface area contributed by atoms with Gasteiger partial charge >= 0.3 is 11.9 Å². The average Bonchev–Trinajstić information content (AvgIpc) is 2.09. The SMILES string of the molecule is CC(O)C[C@H](C(=N)C(=O)OC(C)(C)C)C(=O)O. The molecule has 0 aromatic heterocycles. The lowest BCUT2D eigenvalue weighted by atomic mass is 9.96. The Labute approximate surface area is 100 Å². The van der Waals surface area contributed by atoms with E-state index in [0.717, 1.165) is 0 Å². The van der Waals surface area contributed by atoms with Gasteiger partial charge in [-0.3, -0.25) is 10.2 Å². The zero-order valence-electron chi connectivity index (χ0n) is 10.5. The fraction of sp³-hybridized carbons (Fsp3) is 0.727. The number of hydrogen-bond donors (Lipinski definition) is 3. The van der Waals surface area contributed by atoms with Crippen LogP contribution >= 0.6 is 0 Å². The van der Waals surface area contributed by atoms with Crippen molar-refractivity contribution in [2.24, 2.45) is 5.92 Å². The zero-order valence-corrected chi connectivity index (χ0v) is 10.5. The van der Waals surface area contributed by atoms with Crippen LogP contribution in [0.3, 0.4) is 0 Å². The van der Waals surface area contributed by atoms with Gasteiger partial charge in [0.2, 0.25) is 0 Å². The van der Waals surface area contributed by atoms with E-state index >= 15 is 0 Å². The first-order valence-corrected chi connectivity index (χ1v) is 5.27. The highest BCUT2D eigenvalue weighted by atomic mass is 16.6. The van der Waals surface area contributed by atoms with E-state index < -0.39 is 35.3 Å². The van der Waals surface area contributed by atoms with Gasteiger partial charge < -0.3 is 14.9 Å². The molecule has 1 unspecified atom stereocenters. The number of ether oxygens (including phenoxy) is 1. The minimum atomic E-state index is -1.34. The monoisotopic (exact) mass is 245 g/mol. The van der Waals surface area contributed by atoms with Crippen LogP contribution in [-0.4, -0.2) is 39.6 Å². The summed E-state index contributed by atoms with van der Waals surface area (Å²) >= 11 is 0. The number of carbonyl (C=O) groups is 2. The smallest absolute Gasteiger partial charge is 0.353 e. The van der Waals surface area contributed by atoms with Crippen molar-refractivity contribution < 1.29 is 24.5 Å². The first-order valence-electron chi connectivity index (χ1n) is 5.27. The largest absolute Gasteiger partial charge is 0.481 e. The van der Waals surface area contributed by atoms with Gasteiger partial charge in [0.1, 0.15) is 17.2 Å². The second kappa shape index (κ2) is 5.77. The summed E-state index contributed by atoms with van der Waals surface area (Å²) in [6.07, 6.45) is -1.09. The molecule has 6 heteroatoms. The molecule has 0 amide bonds. The highest BCUT2D eigenvalue weighted by Gasteiger charge is 2.32. The van der Waals surface area contributed by atoms with Gasteiger partial charge in [-0.05, 0) is 34.1 Å². The molecule has 0 aromatic rings. The van der Waals surface area contributed by atoms with E-state index in [2.05, 4.69) is 0 Å². The Kier molecular flexibility index (Phi) is 5.28. The Hall–Kier alpha value is -1.43. The molecule has 0 spiro atoms. The molecule has 0 rings (SSSR count). The predicted molar refractivity (Wildman–Crippen MR) is 61.0 cm³/mol. The lowest BCUT2D eigenvalue weighted by molar-refractivity contribution is -0.149. The molecular weight excluding hydrogens is 226 g/mol. The third-order valence-electron chi connectivity index (χ3n) is 1.84. The van der Waals surface area contributed by atoms with Crippen LogP contribution in [0.25, 0.3) is 0 Å². The van der Waals surface area contributed by atoms with Crippen LogP contribution in [-0.2, 0) is 14.3 Å². The van der Waals surface area contributed by atoms with Crippen LogP contribution in [0, 0.1) is 11.3 Å². The molecule has 0 fully saturated rings. The van der Waals surface area contributed by atoms with E-state index in [4.69, 9.17) is 20.4 Å². The number of nitrogens with one attached hydrogen (secondary N) is 1. The Bertz CT molecular complexity index is 316. The minimum absolute atomic E-state index is 0.187. The molecule has 98 valence electrons. The third kappa shape index (κ3) is 6.01. The van der Waals surface area contributed by atoms with Crippen molar-refractivity contribution in [3.05, 3.63) is 0 Å². The molecule has 0 aliphatic rings. The molecule has 6 nitrogen and oxygen atoms in total. The summed E-state index contributed by atoms with van der Waals surface area (Å²) in [5.74, 6) is -3.63. The second-order valence-electron chi connectivity index (χ2n) is 4.89. The quantitative estimate of drug-likeness (QED) is 0.491. The maximum absolute atomic E-state index is 11.5. The van der Waals surface area contributed by atoms with Gasteiger partial charge in [0.25, 0.3) is 0 Å². The van der Waals surface area contributed by atoms with E-state index in [9.17, 15) is 9.59 Å². The second-order valence-corrected chi connectivity index (χ2v) is 4.89. The van der Waals surface area contributed by atoms with Gasteiger partial charge in [-0.1, -0.05) is 0 Å². The highest BCUT2D eigenvalue weighted by molar-refractivity contribution is 6.39. The molecule has 0 heterocycles. The predicted octanol–water partition coefficient (Wildman–Crippen LogP) is 0.820. The van der Waals surface area contributed by atoms with Crippen molar-refractivity contribution in [2.45, 2.75) is 45.8 Å². The maximum Gasteiger partial charge on any atom is 0.353 e. The van der Waals surface area contributed by atoms with Crippen molar-refractivity contribution in [1.82, 2.24) is 0 Å². The molecule has 17 heavy (non-hydrogen) atoms. The number of aliphatic carboxylic acids is 1. The summed E-state index contributed by atoms with van der Waals surface area (Å²) in [4.78, 5) is 22.4. The molecule has 0 bridgehead atoms. The fourth-order valence-corrected chi connectivity index (χ4v) is 1.16. The Balaban J connectivity index is 4.74. The lowest BCUT2D eigenvalue weighted by Crippen LogP contribution is -2.36. The number of carboxylic acids is 1. The summed E-state index contributed by atoms with van der Waals surface area (Å²) in [6.45, 7) is 6.28. The highest BCUT2D eigenvalue weighted by Crippen LogP contribution is 2.14. The van der Waals surface area contributed by atoms with Crippen LogP contribution in [0.1, 0.15) is 34.1 Å². The zero-order chi connectivity index (χ0) is 13.8. The first-order chi connectivity index (χ1) is 7.54. The third-order valence-corrected chi connectivity index (χ3v) is 1.84. The topological polar surface area (TPSA) is 108 Å². The van der Waals surface area contributed by atoms with E-state index in [1.54, 1.807) is 20.8 Å². The standard InChI is InChI=1S/C11H19NO5/c1-6(13)5-7(9(14)15)8(12)10(16)17-11(2,3)4/h6-7,12-13H,5H2,1-4H3,(H,14,15)/t6?,7-/m1/s1. The van der Waals surface area contributed by atoms with Crippen LogP contribution in [0.5, 0.6) is 0 Å². The molecule has 0 saturated carbocycles. The van der Waals surface area contributed by atoms with E-state index in [0.29, 0.717) is 0 Å². The van der Waals surface area contributed by atoms with Crippen molar-refractivity contribution in [1.29, 1.82) is 5.41 Å². The minimum Gasteiger partial charge on any atom is -0.481 e. The summed E-state index contributed by atoms with van der Waals surface area (Å²) in [7, 11) is 0. The summed E-state index contributed by atoms with van der Waals surface area (Å²) in [5, 5.41) is 25.5. The van der Waals surface area contributed by atoms with Crippen molar-refractivity contribution in [3.8, 4) is 0 Å². The number of rotatable bonds is 5. The van der Waals surface area contributed by atoms with Gasteiger partial charge in [0.15, 0.2) is 0 Å². The number of hydrogen-bond acceptors (Lipinski definition) is 5. The Morgan fingerprint density at radius 1 is 1.35 bits per heavy atom. The molecule has 3 N–H and O–H groups in total. The average molecular weight is 245 g/mol. The lowest BCUT2D eigenvalue weighted by Gasteiger charge is -2.21. The van der Waals surface area contributed by atoms with Crippen LogP contribution in [0.15, 0.2) is 0 Å². The van der Waals surface area contributed by atoms with Crippen molar-refractivity contribution in [2.75, 3.05) is 0 Å². The molecule has 0 radical (unpaired) electrons. The van der Waals surface area contributed by atoms with Gasteiger partial charge in [-0.15, -0.1) is 0 Å². The fourth-order valence-electron chi connectivity index (χ4n) is 1.16. The number of esters is 1. The number of carbonyl (C=O) groups excluding carboxylic acids is 1. The Morgan fingerprint density at radius 3 is 2.12 bits per heavy atom. The Morgan fingerprint density at radius 2 is 1.82 bits per heavy atom. The van der Waals surface area contributed by atoms with Gasteiger partial charge in [0, 0.05) is 0 Å². The van der Waals surface area contributed by atoms with Crippen molar-refractivity contribution in [3.63, 3.8) is 0 Å². The summed E-state index contributed by atoms with van der Waals surface area (Å²) < 4.78 is 4.90. The van der Waals surface area contributed by atoms with Crippen LogP contribution < -0.4 is 0 Å². The van der Waals surface area contributed by atoms with E-state index in [1.165, 1.54) is 6.92 Å². The molecule has 0 aromatic carbocycles. The normalized spacial score (nSPS) is 14.9. The molecule has 0 saturated heterocycles. The molecular formula is C11H19NO5. The van der Waals surface area contributed by atoms with Gasteiger partial charge in [0.05, 0.1) is 6.10 Å². The van der Waals surface area contributed by atoms with Gasteiger partial charge in [-0.25, -0.2) is 4.79 Å². The number of aliphatic hydroxyl groups excluding tert-OH is 1. The van der Waals surface area contributed by atoms with E-state index in [-0.39, 0.29) is 6.42 Å². The number of carboxylic acid groups (broad SMARTS) is 1. The summed E-state index contributed by atoms with van der Waals surface area (Å²) in [6, 6.07) is 0. The van der Waals surface area contributed by atoms with Crippen molar-refractivity contribution >= 4 is 17.7 Å². The molecule has 0 aliphatic carbocycles. The first kappa shape index (κ1) is 15.6. The maximum atomic E-state index is 11.5. The van der Waals surface area contributed by atoms with Crippen LogP contribution in [0.2, 0.25) is 0 Å². The summed E-state index contributed by atoms with van der Waals surface area (Å²) in [5.41, 5.74) is -1.43. The molecule has 2 atom stereocenters. The molecule has 0 aliphatic heterocycles.